The summed E-state index contributed by atoms with van der Waals surface area (Å²) in [6.07, 6.45) is 4.99. The highest BCUT2D eigenvalue weighted by atomic mass is 16.5. The smallest absolute Gasteiger partial charge is 0.124 e. The Bertz CT molecular complexity index is 448. The second kappa shape index (κ2) is 7.78. The van der Waals surface area contributed by atoms with Crippen LogP contribution >= 0.6 is 0 Å². The summed E-state index contributed by atoms with van der Waals surface area (Å²) < 4.78 is 16.9. The molecule has 4 heteroatoms. The Balaban J connectivity index is 1.99. The lowest BCUT2D eigenvalue weighted by Crippen LogP contribution is -2.27. The molecule has 2 rings (SSSR count). The maximum Gasteiger partial charge on any atom is 0.124 e. The first-order valence-electron chi connectivity index (χ1n) is 7.70. The van der Waals surface area contributed by atoms with Gasteiger partial charge in [0.25, 0.3) is 0 Å². The molecule has 21 heavy (non-hydrogen) atoms. The largest absolute Gasteiger partial charge is 0.496 e. The highest BCUT2D eigenvalue weighted by Crippen LogP contribution is 2.27. The van der Waals surface area contributed by atoms with Crippen LogP contribution in [0.2, 0.25) is 0 Å². The summed E-state index contributed by atoms with van der Waals surface area (Å²) in [6, 6.07) is 6.08. The van der Waals surface area contributed by atoms with E-state index in [1.54, 1.807) is 14.2 Å². The maximum absolute atomic E-state index is 6.08. The number of ether oxygens (including phenoxy) is 3. The van der Waals surface area contributed by atoms with Crippen LogP contribution in [-0.2, 0) is 16.1 Å². The molecule has 0 spiro atoms. The van der Waals surface area contributed by atoms with Crippen molar-refractivity contribution >= 4 is 0 Å². The van der Waals surface area contributed by atoms with Crippen molar-refractivity contribution in [2.45, 2.75) is 57.5 Å². The van der Waals surface area contributed by atoms with E-state index in [1.165, 1.54) is 6.42 Å². The Morgan fingerprint density at radius 3 is 2.67 bits per heavy atom. The molecule has 0 aliphatic heterocycles. The number of rotatable bonds is 6. The molecule has 1 aromatic carbocycles. The van der Waals surface area contributed by atoms with Gasteiger partial charge in [0.1, 0.15) is 5.75 Å². The number of nitrogens with two attached hydrogens (primary N) is 1. The van der Waals surface area contributed by atoms with E-state index >= 15 is 0 Å². The molecule has 1 aromatic rings. The van der Waals surface area contributed by atoms with Crippen molar-refractivity contribution in [3.05, 3.63) is 29.3 Å². The number of hydrogen-bond donors (Lipinski definition) is 1. The Labute approximate surface area is 127 Å². The van der Waals surface area contributed by atoms with E-state index in [0.29, 0.717) is 12.7 Å². The lowest BCUT2D eigenvalue weighted by Gasteiger charge is -2.28. The van der Waals surface area contributed by atoms with Crippen LogP contribution in [0, 0.1) is 0 Å². The molecule has 3 atom stereocenters. The molecule has 1 aliphatic carbocycles. The van der Waals surface area contributed by atoms with E-state index in [2.05, 4.69) is 6.07 Å². The summed E-state index contributed by atoms with van der Waals surface area (Å²) in [5, 5.41) is 0. The second-order valence-electron chi connectivity index (χ2n) is 5.82. The van der Waals surface area contributed by atoms with Crippen LogP contribution in [0.5, 0.6) is 5.75 Å². The van der Waals surface area contributed by atoms with Crippen LogP contribution in [0.4, 0.5) is 0 Å². The van der Waals surface area contributed by atoms with E-state index in [0.717, 1.165) is 36.1 Å². The lowest BCUT2D eigenvalue weighted by molar-refractivity contribution is -0.0367. The van der Waals surface area contributed by atoms with Gasteiger partial charge in [-0.05, 0) is 50.3 Å². The van der Waals surface area contributed by atoms with Gasteiger partial charge in [-0.1, -0.05) is 6.07 Å². The average Bonchev–Trinajstić information content (AvgIpc) is 2.52. The minimum absolute atomic E-state index is 0.0159. The molecule has 0 bridgehead atoms. The molecule has 0 aromatic heterocycles. The van der Waals surface area contributed by atoms with E-state index in [9.17, 15) is 0 Å². The minimum Gasteiger partial charge on any atom is -0.496 e. The van der Waals surface area contributed by atoms with Crippen LogP contribution in [0.25, 0.3) is 0 Å². The standard InChI is InChI=1S/C17H27NO3/c1-12(18)13-7-8-17(20-3)14(9-13)11-21-16-6-4-5-15(10-16)19-2/h7-9,12,15-16H,4-6,10-11,18H2,1-3H3. The predicted molar refractivity (Wildman–Crippen MR) is 83.4 cm³/mol. The highest BCUT2D eigenvalue weighted by molar-refractivity contribution is 5.37. The van der Waals surface area contributed by atoms with Gasteiger partial charge in [-0.15, -0.1) is 0 Å². The van der Waals surface area contributed by atoms with Crippen molar-refractivity contribution in [3.8, 4) is 5.75 Å². The van der Waals surface area contributed by atoms with Crippen molar-refractivity contribution in [1.82, 2.24) is 0 Å². The van der Waals surface area contributed by atoms with E-state index < -0.39 is 0 Å². The monoisotopic (exact) mass is 293 g/mol. The maximum atomic E-state index is 6.08. The third-order valence-corrected chi connectivity index (χ3v) is 4.22. The van der Waals surface area contributed by atoms with Crippen molar-refractivity contribution in [1.29, 1.82) is 0 Å². The first-order valence-corrected chi connectivity index (χ1v) is 7.70. The summed E-state index contributed by atoms with van der Waals surface area (Å²) in [7, 11) is 3.47. The van der Waals surface area contributed by atoms with E-state index in [1.807, 2.05) is 19.1 Å². The molecule has 0 amide bonds. The van der Waals surface area contributed by atoms with E-state index in [4.69, 9.17) is 19.9 Å². The van der Waals surface area contributed by atoms with Gasteiger partial charge >= 0.3 is 0 Å². The Hall–Kier alpha value is -1.10. The van der Waals surface area contributed by atoms with Gasteiger partial charge in [0.15, 0.2) is 0 Å². The lowest BCUT2D eigenvalue weighted by atomic mass is 9.95. The van der Waals surface area contributed by atoms with Crippen molar-refractivity contribution < 1.29 is 14.2 Å². The summed E-state index contributed by atoms with van der Waals surface area (Å²) in [4.78, 5) is 0. The van der Waals surface area contributed by atoms with Gasteiger partial charge in [-0.25, -0.2) is 0 Å². The summed E-state index contributed by atoms with van der Waals surface area (Å²) >= 11 is 0. The molecule has 2 N–H and O–H groups in total. The molecule has 0 saturated heterocycles. The number of hydrogen-bond acceptors (Lipinski definition) is 4. The normalized spacial score (nSPS) is 23.8. The Kier molecular flexibility index (Phi) is 6.03. The molecule has 118 valence electrons. The Morgan fingerprint density at radius 2 is 2.00 bits per heavy atom. The zero-order valence-electron chi connectivity index (χ0n) is 13.3. The molecule has 1 saturated carbocycles. The fraction of sp³-hybridized carbons (Fsp3) is 0.647. The first kappa shape index (κ1) is 16.3. The van der Waals surface area contributed by atoms with Crippen LogP contribution in [0.15, 0.2) is 18.2 Å². The van der Waals surface area contributed by atoms with Gasteiger partial charge in [0, 0.05) is 18.7 Å². The van der Waals surface area contributed by atoms with Crippen molar-refractivity contribution in [2.24, 2.45) is 5.73 Å². The topological polar surface area (TPSA) is 53.7 Å². The fourth-order valence-electron chi connectivity index (χ4n) is 2.87. The van der Waals surface area contributed by atoms with Crippen LogP contribution in [0.1, 0.15) is 49.8 Å². The third kappa shape index (κ3) is 4.43. The number of benzene rings is 1. The fourth-order valence-corrected chi connectivity index (χ4v) is 2.87. The first-order chi connectivity index (χ1) is 10.1. The van der Waals surface area contributed by atoms with Crippen LogP contribution < -0.4 is 10.5 Å². The molecular formula is C17H27NO3. The highest BCUT2D eigenvalue weighted by Gasteiger charge is 2.22. The molecule has 0 radical (unpaired) electrons. The third-order valence-electron chi connectivity index (χ3n) is 4.22. The quantitative estimate of drug-likeness (QED) is 0.875. The van der Waals surface area contributed by atoms with Crippen LogP contribution in [-0.4, -0.2) is 26.4 Å². The predicted octanol–water partition coefficient (Wildman–Crippen LogP) is 3.19. The minimum atomic E-state index is 0.0159. The Morgan fingerprint density at radius 1 is 1.24 bits per heavy atom. The SMILES string of the molecule is COc1ccc(C(C)N)cc1COC1CCCC(OC)C1. The van der Waals surface area contributed by atoms with Gasteiger partial charge in [0.2, 0.25) is 0 Å². The second-order valence-corrected chi connectivity index (χ2v) is 5.82. The molecule has 0 heterocycles. The molecule has 1 fully saturated rings. The zero-order chi connectivity index (χ0) is 15.2. The molecule has 4 nitrogen and oxygen atoms in total. The van der Waals surface area contributed by atoms with Crippen molar-refractivity contribution in [2.75, 3.05) is 14.2 Å². The summed E-state index contributed by atoms with van der Waals surface area (Å²) in [6.45, 7) is 2.54. The summed E-state index contributed by atoms with van der Waals surface area (Å²) in [5.41, 5.74) is 8.12. The number of methoxy groups -OCH3 is 2. The molecule has 1 aliphatic rings. The van der Waals surface area contributed by atoms with Gasteiger partial charge in [-0.2, -0.15) is 0 Å². The van der Waals surface area contributed by atoms with E-state index in [-0.39, 0.29) is 12.1 Å². The molecular weight excluding hydrogens is 266 g/mol. The molecule has 3 unspecified atom stereocenters. The zero-order valence-corrected chi connectivity index (χ0v) is 13.3. The van der Waals surface area contributed by atoms with Gasteiger partial charge < -0.3 is 19.9 Å². The summed E-state index contributed by atoms with van der Waals surface area (Å²) in [5.74, 6) is 0.860. The van der Waals surface area contributed by atoms with Crippen LogP contribution in [0.3, 0.4) is 0 Å². The average molecular weight is 293 g/mol. The van der Waals surface area contributed by atoms with Gasteiger partial charge in [0.05, 0.1) is 25.9 Å². The van der Waals surface area contributed by atoms with Gasteiger partial charge in [-0.3, -0.25) is 0 Å². The van der Waals surface area contributed by atoms with Crippen molar-refractivity contribution in [3.63, 3.8) is 0 Å².